The van der Waals surface area contributed by atoms with Crippen LogP contribution in [0.25, 0.3) is 0 Å². The Morgan fingerprint density at radius 1 is 1.31 bits per heavy atom. The summed E-state index contributed by atoms with van der Waals surface area (Å²) in [6.45, 7) is 4.62. The van der Waals surface area contributed by atoms with Crippen molar-refractivity contribution in [1.29, 1.82) is 0 Å². The summed E-state index contributed by atoms with van der Waals surface area (Å²) in [5.74, 6) is -0.883. The molecule has 1 heterocycles. The van der Waals surface area contributed by atoms with Crippen LogP contribution in [0.2, 0.25) is 0 Å². The van der Waals surface area contributed by atoms with E-state index < -0.39 is 12.2 Å². The van der Waals surface area contributed by atoms with Crippen molar-refractivity contribution in [2.45, 2.75) is 26.4 Å². The first-order chi connectivity index (χ1) is 7.22. The van der Waals surface area contributed by atoms with Gasteiger partial charge < -0.3 is 10.2 Å². The number of rotatable bonds is 3. The number of piperidine rings is 1. The number of fused-ring (bicyclic) bond motifs is 1. The molecule has 2 fully saturated rings. The van der Waals surface area contributed by atoms with Crippen LogP contribution < -0.4 is 0 Å². The summed E-state index contributed by atoms with van der Waals surface area (Å²) in [6.07, 6.45) is 0. The van der Waals surface area contributed by atoms with E-state index >= 15 is 0 Å². The molecule has 5 heteroatoms. The summed E-state index contributed by atoms with van der Waals surface area (Å²) >= 11 is 0. The minimum atomic E-state index is -1.41. The summed E-state index contributed by atoms with van der Waals surface area (Å²) in [4.78, 5) is 24.8. The van der Waals surface area contributed by atoms with Gasteiger partial charge in [-0.15, -0.1) is 0 Å². The molecular formula is C11H17NO4. The lowest BCUT2D eigenvalue weighted by Gasteiger charge is -2.28. The van der Waals surface area contributed by atoms with Gasteiger partial charge >= 0.3 is 0 Å². The average Bonchev–Trinajstić information content (AvgIpc) is 2.65. The molecule has 0 aromatic heterocycles. The molecule has 0 aromatic carbocycles. The van der Waals surface area contributed by atoms with E-state index in [4.69, 9.17) is 5.11 Å². The Balaban J connectivity index is 2.12. The van der Waals surface area contributed by atoms with Gasteiger partial charge in [0.05, 0.1) is 25.0 Å². The van der Waals surface area contributed by atoms with Crippen LogP contribution in [0.15, 0.2) is 0 Å². The quantitative estimate of drug-likeness (QED) is 0.629. The van der Waals surface area contributed by atoms with Gasteiger partial charge in [0, 0.05) is 0 Å². The number of imide groups is 1. The first-order valence-corrected chi connectivity index (χ1v) is 5.41. The second-order valence-corrected chi connectivity index (χ2v) is 5.69. The molecule has 0 spiro atoms. The summed E-state index contributed by atoms with van der Waals surface area (Å²) in [7, 11) is 0. The first-order valence-electron chi connectivity index (χ1n) is 5.41. The predicted octanol–water partition coefficient (Wildman–Crippen LogP) is -0.629. The van der Waals surface area contributed by atoms with Crippen molar-refractivity contribution in [1.82, 2.24) is 4.90 Å². The molecule has 1 aliphatic heterocycles. The molecule has 3 atom stereocenters. The van der Waals surface area contributed by atoms with Crippen LogP contribution in [0.5, 0.6) is 0 Å². The summed E-state index contributed by atoms with van der Waals surface area (Å²) in [5.41, 5.74) is -1.64. The minimum absolute atomic E-state index is 0.121. The topological polar surface area (TPSA) is 77.8 Å². The van der Waals surface area contributed by atoms with E-state index in [9.17, 15) is 14.7 Å². The number of β-amino-alcohol motifs (C(OH)–C–C–N with tert-alkyl or cyclic N) is 1. The second-order valence-electron chi connectivity index (χ2n) is 5.69. The summed E-state index contributed by atoms with van der Waals surface area (Å²) in [6, 6.07) is 0. The Morgan fingerprint density at radius 3 is 2.12 bits per heavy atom. The fraction of sp³-hybridized carbons (Fsp3) is 0.818. The summed E-state index contributed by atoms with van der Waals surface area (Å²) in [5, 5.41) is 18.6. The fourth-order valence-electron chi connectivity index (χ4n) is 2.55. The van der Waals surface area contributed by atoms with Gasteiger partial charge in [-0.3, -0.25) is 14.5 Å². The minimum Gasteiger partial charge on any atom is -0.393 e. The number of carbonyl (C=O) groups excluding carboxylic acids is 2. The van der Waals surface area contributed by atoms with Gasteiger partial charge in [-0.05, 0) is 12.3 Å². The highest BCUT2D eigenvalue weighted by Gasteiger charge is 2.72. The number of hydrogen-bond donors (Lipinski definition) is 2. The maximum absolute atomic E-state index is 11.9. The number of aliphatic hydroxyl groups excluding tert-OH is 1. The molecule has 1 saturated carbocycles. The zero-order valence-electron chi connectivity index (χ0n) is 9.73. The highest BCUT2D eigenvalue weighted by molar-refractivity contribution is 6.10. The Labute approximate surface area is 94.0 Å². The molecule has 0 radical (unpaired) electrons. The van der Waals surface area contributed by atoms with Gasteiger partial charge in [-0.1, -0.05) is 13.8 Å². The van der Waals surface area contributed by atoms with Crippen molar-refractivity contribution in [3.8, 4) is 0 Å². The van der Waals surface area contributed by atoms with Crippen LogP contribution in [0.3, 0.4) is 0 Å². The van der Waals surface area contributed by atoms with Gasteiger partial charge in [0.2, 0.25) is 11.8 Å². The highest BCUT2D eigenvalue weighted by Crippen LogP contribution is 2.63. The van der Waals surface area contributed by atoms with Crippen molar-refractivity contribution < 1.29 is 19.8 Å². The lowest BCUT2D eigenvalue weighted by molar-refractivity contribution is -0.147. The number of carbonyl (C=O) groups is 2. The monoisotopic (exact) mass is 227 g/mol. The Morgan fingerprint density at radius 2 is 1.75 bits per heavy atom. The highest BCUT2D eigenvalue weighted by atomic mass is 16.3. The average molecular weight is 227 g/mol. The van der Waals surface area contributed by atoms with E-state index in [1.165, 1.54) is 6.92 Å². The first kappa shape index (κ1) is 11.5. The fourth-order valence-corrected chi connectivity index (χ4v) is 2.55. The van der Waals surface area contributed by atoms with Crippen molar-refractivity contribution in [2.75, 3.05) is 13.2 Å². The van der Waals surface area contributed by atoms with Gasteiger partial charge in [0.15, 0.2) is 0 Å². The third-order valence-corrected chi connectivity index (χ3v) is 3.73. The number of hydrogen-bond acceptors (Lipinski definition) is 4. The molecule has 3 unspecified atom stereocenters. The molecule has 0 aromatic rings. The van der Waals surface area contributed by atoms with E-state index in [2.05, 4.69) is 0 Å². The molecule has 2 aliphatic rings. The van der Waals surface area contributed by atoms with E-state index in [0.717, 1.165) is 4.90 Å². The Bertz CT molecular complexity index is 337. The number of amides is 2. The van der Waals surface area contributed by atoms with E-state index in [0.29, 0.717) is 0 Å². The van der Waals surface area contributed by atoms with Crippen LogP contribution in [0.4, 0.5) is 0 Å². The van der Waals surface area contributed by atoms with Gasteiger partial charge in [0.25, 0.3) is 0 Å². The van der Waals surface area contributed by atoms with Gasteiger partial charge in [-0.2, -0.15) is 0 Å². The van der Waals surface area contributed by atoms with Crippen LogP contribution in [0, 0.1) is 17.3 Å². The van der Waals surface area contributed by atoms with Gasteiger partial charge in [0.1, 0.15) is 5.60 Å². The molecule has 5 nitrogen and oxygen atoms in total. The molecule has 2 N–H and O–H groups in total. The molecule has 16 heavy (non-hydrogen) atoms. The zero-order valence-corrected chi connectivity index (χ0v) is 9.73. The van der Waals surface area contributed by atoms with E-state index in [-0.39, 0.29) is 35.6 Å². The largest absolute Gasteiger partial charge is 0.393 e. The normalized spacial score (nSPS) is 34.9. The third kappa shape index (κ3) is 1.38. The van der Waals surface area contributed by atoms with E-state index in [1.54, 1.807) is 0 Å². The number of nitrogens with zero attached hydrogens (tertiary/aromatic N) is 1. The van der Waals surface area contributed by atoms with Crippen LogP contribution >= 0.6 is 0 Å². The Kier molecular flexibility index (Phi) is 2.20. The third-order valence-electron chi connectivity index (χ3n) is 3.73. The number of aliphatic hydroxyl groups is 2. The predicted molar refractivity (Wildman–Crippen MR) is 55.2 cm³/mol. The number of likely N-dealkylation sites (tertiary alicyclic amines) is 1. The van der Waals surface area contributed by atoms with Crippen LogP contribution in [-0.4, -0.2) is 45.7 Å². The van der Waals surface area contributed by atoms with Crippen LogP contribution in [-0.2, 0) is 9.59 Å². The zero-order chi connectivity index (χ0) is 12.3. The molecular weight excluding hydrogens is 210 g/mol. The second kappa shape index (κ2) is 3.05. The van der Waals surface area contributed by atoms with Crippen molar-refractivity contribution in [3.05, 3.63) is 0 Å². The summed E-state index contributed by atoms with van der Waals surface area (Å²) < 4.78 is 0. The molecule has 2 rings (SSSR count). The van der Waals surface area contributed by atoms with Crippen molar-refractivity contribution in [3.63, 3.8) is 0 Å². The van der Waals surface area contributed by atoms with Crippen LogP contribution in [0.1, 0.15) is 20.8 Å². The molecule has 2 amide bonds. The lowest BCUT2D eigenvalue weighted by Crippen LogP contribution is -2.48. The standard InChI is InChI=1S/C11H17NO4/c1-10(2)6-7(10)9(15)12(8(6)14)4-11(3,16)5-13/h6-7,13,16H,4-5H2,1-3H3. The van der Waals surface area contributed by atoms with Crippen molar-refractivity contribution in [2.24, 2.45) is 17.3 Å². The Hall–Kier alpha value is -0.940. The van der Waals surface area contributed by atoms with Gasteiger partial charge in [-0.25, -0.2) is 0 Å². The van der Waals surface area contributed by atoms with Crippen molar-refractivity contribution >= 4 is 11.8 Å². The smallest absolute Gasteiger partial charge is 0.233 e. The maximum Gasteiger partial charge on any atom is 0.233 e. The van der Waals surface area contributed by atoms with E-state index in [1.807, 2.05) is 13.8 Å². The molecule has 0 bridgehead atoms. The maximum atomic E-state index is 11.9. The SMILES string of the molecule is CC(O)(CO)CN1C(=O)C2C(C1=O)C2(C)C. The molecule has 1 aliphatic carbocycles. The molecule has 90 valence electrons. The lowest BCUT2D eigenvalue weighted by atomic mass is 10.0. The molecule has 1 saturated heterocycles.